The first-order chi connectivity index (χ1) is 4.64. The second-order valence-electron chi connectivity index (χ2n) is 3.68. The molecule has 0 heterocycles. The number of halogens is 1. The van der Waals surface area contributed by atoms with Crippen LogP contribution in [0.3, 0.4) is 0 Å². The van der Waals surface area contributed by atoms with Crippen molar-refractivity contribution in [3.63, 3.8) is 0 Å². The van der Waals surface area contributed by atoms with Gasteiger partial charge in [-0.3, -0.25) is 0 Å². The van der Waals surface area contributed by atoms with Crippen molar-refractivity contribution in [2.24, 2.45) is 11.7 Å². The van der Waals surface area contributed by atoms with E-state index in [2.05, 4.69) is 0 Å². The fourth-order valence-electron chi connectivity index (χ4n) is 1.54. The van der Waals surface area contributed by atoms with Crippen molar-refractivity contribution in [1.82, 2.24) is 0 Å². The van der Waals surface area contributed by atoms with Crippen LogP contribution < -0.4 is 5.73 Å². The lowest BCUT2D eigenvalue weighted by atomic mass is 9.80. The van der Waals surface area contributed by atoms with Crippen LogP contribution in [0, 0.1) is 5.92 Å². The molecule has 0 aromatic carbocycles. The molecule has 0 aliphatic heterocycles. The van der Waals surface area contributed by atoms with Gasteiger partial charge in [-0.1, -0.05) is 0 Å². The van der Waals surface area contributed by atoms with Crippen LogP contribution in [0.5, 0.6) is 0 Å². The van der Waals surface area contributed by atoms with Crippen molar-refractivity contribution in [3.05, 3.63) is 0 Å². The Morgan fingerprint density at radius 1 is 1.45 bits per heavy atom. The number of hydrogen-bond acceptors (Lipinski definition) is 2. The number of rotatable bonds is 1. The largest absolute Gasteiger partial charge is 0.390 e. The summed E-state index contributed by atoms with van der Waals surface area (Å²) in [5, 5.41) is 9.55. The Morgan fingerprint density at radius 2 is 1.91 bits per heavy atom. The van der Waals surface area contributed by atoms with Gasteiger partial charge >= 0.3 is 0 Å². The number of hydrogen-bond donors (Lipinski definition) is 2. The van der Waals surface area contributed by atoms with E-state index >= 15 is 0 Å². The Balaban J connectivity index is 0.000001000. The Kier molecular flexibility index (Phi) is 4.37. The summed E-state index contributed by atoms with van der Waals surface area (Å²) in [7, 11) is 0. The molecule has 0 saturated heterocycles. The summed E-state index contributed by atoms with van der Waals surface area (Å²) in [6.45, 7) is 2.70. The van der Waals surface area contributed by atoms with E-state index in [9.17, 15) is 5.11 Å². The van der Waals surface area contributed by atoms with E-state index < -0.39 is 5.60 Å². The lowest BCUT2D eigenvalue weighted by Crippen LogP contribution is -2.32. The van der Waals surface area contributed by atoms with Gasteiger partial charge in [-0.2, -0.15) is 0 Å². The first kappa shape index (κ1) is 11.2. The standard InChI is InChI=1S/C8H17NO.ClH/c1-8(10)4-2-7(6-9)3-5-8;/h7,10H,2-6,9H2,1H3;1H. The lowest BCUT2D eigenvalue weighted by molar-refractivity contribution is 0.00928. The Bertz CT molecular complexity index is 107. The van der Waals surface area contributed by atoms with Crippen LogP contribution in [-0.4, -0.2) is 17.3 Å². The summed E-state index contributed by atoms with van der Waals surface area (Å²) < 4.78 is 0. The molecule has 1 aliphatic carbocycles. The third kappa shape index (κ3) is 3.41. The van der Waals surface area contributed by atoms with Crippen LogP contribution in [0.2, 0.25) is 0 Å². The highest BCUT2D eigenvalue weighted by atomic mass is 35.5. The molecule has 1 saturated carbocycles. The second-order valence-corrected chi connectivity index (χ2v) is 3.68. The summed E-state index contributed by atoms with van der Waals surface area (Å²) in [6.07, 6.45) is 4.05. The lowest BCUT2D eigenvalue weighted by Gasteiger charge is -2.32. The molecule has 0 aromatic rings. The quantitative estimate of drug-likeness (QED) is 0.638. The smallest absolute Gasteiger partial charge is 0.0620 e. The predicted octanol–water partition coefficient (Wildman–Crippen LogP) is 1.31. The molecule has 3 N–H and O–H groups in total. The predicted molar refractivity (Wildman–Crippen MR) is 48.9 cm³/mol. The van der Waals surface area contributed by atoms with Crippen molar-refractivity contribution < 1.29 is 5.11 Å². The van der Waals surface area contributed by atoms with Crippen LogP contribution in [0.4, 0.5) is 0 Å². The fraction of sp³-hybridized carbons (Fsp3) is 1.00. The molecule has 1 aliphatic rings. The molecule has 0 amide bonds. The van der Waals surface area contributed by atoms with E-state index in [4.69, 9.17) is 5.73 Å². The van der Waals surface area contributed by atoms with E-state index in [0.717, 1.165) is 32.2 Å². The number of aliphatic hydroxyl groups is 1. The molecular weight excluding hydrogens is 162 g/mol. The topological polar surface area (TPSA) is 46.2 Å². The summed E-state index contributed by atoms with van der Waals surface area (Å²) in [5.41, 5.74) is 5.11. The molecule has 0 bridgehead atoms. The molecule has 0 spiro atoms. The molecular formula is C8H18ClNO. The van der Waals surface area contributed by atoms with E-state index in [1.54, 1.807) is 0 Å². The van der Waals surface area contributed by atoms with E-state index in [0.29, 0.717) is 5.92 Å². The average molecular weight is 180 g/mol. The molecule has 0 unspecified atom stereocenters. The van der Waals surface area contributed by atoms with E-state index in [1.807, 2.05) is 6.92 Å². The zero-order chi connectivity index (χ0) is 7.61. The van der Waals surface area contributed by atoms with Crippen LogP contribution in [0.1, 0.15) is 32.6 Å². The van der Waals surface area contributed by atoms with E-state index in [1.165, 1.54) is 0 Å². The molecule has 0 aromatic heterocycles. The Hall–Kier alpha value is 0.210. The number of nitrogens with two attached hydrogens (primary N) is 1. The summed E-state index contributed by atoms with van der Waals surface area (Å²) in [6, 6.07) is 0. The van der Waals surface area contributed by atoms with Crippen molar-refractivity contribution >= 4 is 12.4 Å². The highest BCUT2D eigenvalue weighted by Crippen LogP contribution is 2.30. The van der Waals surface area contributed by atoms with Crippen LogP contribution in [-0.2, 0) is 0 Å². The van der Waals surface area contributed by atoms with Gasteiger partial charge in [0.05, 0.1) is 5.60 Å². The molecule has 1 fully saturated rings. The van der Waals surface area contributed by atoms with Crippen molar-refractivity contribution in [2.45, 2.75) is 38.2 Å². The summed E-state index contributed by atoms with van der Waals surface area (Å²) in [4.78, 5) is 0. The van der Waals surface area contributed by atoms with Crippen LogP contribution in [0.15, 0.2) is 0 Å². The summed E-state index contributed by atoms with van der Waals surface area (Å²) in [5.74, 6) is 0.667. The van der Waals surface area contributed by atoms with Crippen LogP contribution >= 0.6 is 12.4 Å². The van der Waals surface area contributed by atoms with Gasteiger partial charge in [0.2, 0.25) is 0 Å². The maximum absolute atomic E-state index is 9.55. The normalized spacial score (nSPS) is 37.9. The first-order valence-electron chi connectivity index (χ1n) is 4.06. The zero-order valence-electron chi connectivity index (χ0n) is 7.05. The molecule has 2 nitrogen and oxygen atoms in total. The van der Waals surface area contributed by atoms with Crippen molar-refractivity contribution in [2.75, 3.05) is 6.54 Å². The first-order valence-corrected chi connectivity index (χ1v) is 4.06. The summed E-state index contributed by atoms with van der Waals surface area (Å²) >= 11 is 0. The minimum Gasteiger partial charge on any atom is -0.390 e. The molecule has 0 radical (unpaired) electrons. The van der Waals surface area contributed by atoms with E-state index in [-0.39, 0.29) is 12.4 Å². The fourth-order valence-corrected chi connectivity index (χ4v) is 1.54. The molecule has 3 heteroatoms. The second kappa shape index (κ2) is 4.29. The third-order valence-electron chi connectivity index (χ3n) is 2.52. The van der Waals surface area contributed by atoms with Gasteiger partial charge in [0, 0.05) is 0 Å². The maximum Gasteiger partial charge on any atom is 0.0620 e. The molecule has 0 atom stereocenters. The van der Waals surface area contributed by atoms with Gasteiger partial charge in [0.15, 0.2) is 0 Å². The monoisotopic (exact) mass is 179 g/mol. The van der Waals surface area contributed by atoms with Crippen molar-refractivity contribution in [1.29, 1.82) is 0 Å². The van der Waals surface area contributed by atoms with Crippen molar-refractivity contribution in [3.8, 4) is 0 Å². The minimum atomic E-state index is -0.397. The molecule has 68 valence electrons. The highest BCUT2D eigenvalue weighted by Gasteiger charge is 2.27. The minimum absolute atomic E-state index is 0. The van der Waals surface area contributed by atoms with Gasteiger partial charge < -0.3 is 10.8 Å². The van der Waals surface area contributed by atoms with Gasteiger partial charge in [-0.05, 0) is 45.1 Å². The molecule has 1 rings (SSSR count). The van der Waals surface area contributed by atoms with Crippen LogP contribution in [0.25, 0.3) is 0 Å². The van der Waals surface area contributed by atoms with Gasteiger partial charge in [-0.25, -0.2) is 0 Å². The Labute approximate surface area is 74.6 Å². The van der Waals surface area contributed by atoms with Gasteiger partial charge in [-0.15, -0.1) is 12.4 Å². The average Bonchev–Trinajstić information content (AvgIpc) is 1.88. The van der Waals surface area contributed by atoms with Gasteiger partial charge in [0.25, 0.3) is 0 Å². The Morgan fingerprint density at radius 3 is 2.27 bits per heavy atom. The zero-order valence-corrected chi connectivity index (χ0v) is 7.86. The highest BCUT2D eigenvalue weighted by molar-refractivity contribution is 5.85. The maximum atomic E-state index is 9.55. The SMILES string of the molecule is CC1(O)CCC(CN)CC1.Cl. The van der Waals surface area contributed by atoms with Gasteiger partial charge in [0.1, 0.15) is 0 Å². The molecule has 11 heavy (non-hydrogen) atoms. The third-order valence-corrected chi connectivity index (χ3v) is 2.52.